The maximum Gasteiger partial charge on any atom is 0.239 e. The van der Waals surface area contributed by atoms with Gasteiger partial charge in [0.05, 0.1) is 7.11 Å². The van der Waals surface area contributed by atoms with E-state index >= 15 is 0 Å². The molecule has 3 N–H and O–H groups in total. The Hall–Kier alpha value is -1.30. The van der Waals surface area contributed by atoms with E-state index in [1.807, 2.05) is 4.90 Å². The zero-order valence-corrected chi connectivity index (χ0v) is 11.6. The second-order valence-corrected chi connectivity index (χ2v) is 4.85. The number of amides is 1. The first-order valence-corrected chi connectivity index (χ1v) is 6.59. The molecular formula is C13H18ClN3O2. The number of hydrogen-bond donors (Lipinski definition) is 2. The minimum absolute atomic E-state index is 0.409. The van der Waals surface area contributed by atoms with Crippen LogP contribution in [-0.4, -0.2) is 44.1 Å². The fourth-order valence-corrected chi connectivity index (χ4v) is 2.67. The summed E-state index contributed by atoms with van der Waals surface area (Å²) in [6, 6.07) is 4.78. The topological polar surface area (TPSA) is 67.6 Å². The Bertz CT molecular complexity index is 461. The molecule has 2 rings (SSSR count). The number of halogens is 1. The molecule has 1 aliphatic rings. The summed E-state index contributed by atoms with van der Waals surface area (Å²) in [5.41, 5.74) is 6.23. The Balaban J connectivity index is 2.41. The predicted octanol–water partition coefficient (Wildman–Crippen LogP) is 0.780. The molecule has 1 aliphatic heterocycles. The Kier molecular flexibility index (Phi) is 4.63. The van der Waals surface area contributed by atoms with Gasteiger partial charge in [-0.25, -0.2) is 0 Å². The molecule has 0 bridgehead atoms. The quantitative estimate of drug-likeness (QED) is 0.857. The molecule has 0 aromatic heterocycles. The normalized spacial score (nSPS) is 18.0. The van der Waals surface area contributed by atoms with E-state index in [1.54, 1.807) is 25.3 Å². The highest BCUT2D eigenvalue weighted by atomic mass is 35.5. The summed E-state index contributed by atoms with van der Waals surface area (Å²) >= 11 is 6.24. The van der Waals surface area contributed by atoms with Crippen molar-refractivity contribution in [1.29, 1.82) is 0 Å². The molecule has 1 aromatic rings. The number of primary amides is 1. The lowest BCUT2D eigenvalue weighted by atomic mass is 10.0. The minimum Gasteiger partial charge on any atom is -0.496 e. The van der Waals surface area contributed by atoms with E-state index in [0.29, 0.717) is 16.3 Å². The summed E-state index contributed by atoms with van der Waals surface area (Å²) in [6.07, 6.45) is 0. The van der Waals surface area contributed by atoms with Gasteiger partial charge in [-0.05, 0) is 12.1 Å². The molecule has 0 aliphatic carbocycles. The molecule has 19 heavy (non-hydrogen) atoms. The van der Waals surface area contributed by atoms with Crippen LogP contribution < -0.4 is 15.8 Å². The maximum atomic E-state index is 11.9. The van der Waals surface area contributed by atoms with E-state index in [9.17, 15) is 4.79 Å². The lowest BCUT2D eigenvalue weighted by Crippen LogP contribution is -2.48. The largest absolute Gasteiger partial charge is 0.496 e. The monoisotopic (exact) mass is 283 g/mol. The highest BCUT2D eigenvalue weighted by Crippen LogP contribution is 2.35. The first-order valence-electron chi connectivity index (χ1n) is 6.21. The van der Waals surface area contributed by atoms with Crippen LogP contribution in [0.3, 0.4) is 0 Å². The summed E-state index contributed by atoms with van der Waals surface area (Å²) in [5.74, 6) is 0.183. The van der Waals surface area contributed by atoms with Crippen molar-refractivity contribution in [2.24, 2.45) is 5.73 Å². The molecule has 5 nitrogen and oxygen atoms in total. The van der Waals surface area contributed by atoms with Crippen LogP contribution >= 0.6 is 11.6 Å². The number of piperazine rings is 1. The maximum absolute atomic E-state index is 11.9. The number of hydrogen-bond acceptors (Lipinski definition) is 4. The summed E-state index contributed by atoms with van der Waals surface area (Å²) in [7, 11) is 1.56. The molecule has 0 saturated carbocycles. The molecule has 0 radical (unpaired) electrons. The van der Waals surface area contributed by atoms with Gasteiger partial charge in [0.2, 0.25) is 5.91 Å². The van der Waals surface area contributed by atoms with E-state index in [1.165, 1.54) is 0 Å². The van der Waals surface area contributed by atoms with Gasteiger partial charge in [-0.2, -0.15) is 0 Å². The lowest BCUT2D eigenvalue weighted by Gasteiger charge is -2.34. The van der Waals surface area contributed by atoms with Gasteiger partial charge in [0.25, 0.3) is 0 Å². The Morgan fingerprint density at radius 3 is 2.74 bits per heavy atom. The molecule has 6 heteroatoms. The zero-order chi connectivity index (χ0) is 13.8. The highest BCUT2D eigenvalue weighted by molar-refractivity contribution is 6.31. The smallest absolute Gasteiger partial charge is 0.239 e. The van der Waals surface area contributed by atoms with Crippen molar-refractivity contribution in [3.8, 4) is 5.75 Å². The average Bonchev–Trinajstić information content (AvgIpc) is 2.41. The summed E-state index contributed by atoms with van der Waals surface area (Å²) in [6.45, 7) is 3.16. The molecule has 1 aromatic carbocycles. The lowest BCUT2D eigenvalue weighted by molar-refractivity contribution is -0.123. The van der Waals surface area contributed by atoms with Crippen molar-refractivity contribution in [2.75, 3.05) is 33.3 Å². The van der Waals surface area contributed by atoms with Crippen molar-refractivity contribution in [3.05, 3.63) is 28.8 Å². The number of carbonyl (C=O) groups is 1. The highest BCUT2D eigenvalue weighted by Gasteiger charge is 2.31. The number of carbonyl (C=O) groups excluding carboxylic acids is 1. The molecule has 1 saturated heterocycles. The molecule has 1 heterocycles. The van der Waals surface area contributed by atoms with Crippen molar-refractivity contribution in [3.63, 3.8) is 0 Å². The van der Waals surface area contributed by atoms with Gasteiger partial charge < -0.3 is 15.8 Å². The molecule has 104 valence electrons. The van der Waals surface area contributed by atoms with Crippen LogP contribution in [0.1, 0.15) is 11.6 Å². The molecular weight excluding hydrogens is 266 g/mol. The number of benzene rings is 1. The average molecular weight is 284 g/mol. The van der Waals surface area contributed by atoms with Crippen LogP contribution in [-0.2, 0) is 4.79 Å². The van der Waals surface area contributed by atoms with E-state index < -0.39 is 11.9 Å². The van der Waals surface area contributed by atoms with E-state index in [2.05, 4.69) is 5.32 Å². The molecule has 1 atom stereocenters. The van der Waals surface area contributed by atoms with Crippen LogP contribution in [0.15, 0.2) is 18.2 Å². The molecule has 1 fully saturated rings. The van der Waals surface area contributed by atoms with Crippen molar-refractivity contribution >= 4 is 17.5 Å². The van der Waals surface area contributed by atoms with E-state index in [4.69, 9.17) is 22.1 Å². The number of methoxy groups -OCH3 is 1. The molecule has 0 spiro atoms. The van der Waals surface area contributed by atoms with Crippen LogP contribution in [0.2, 0.25) is 5.02 Å². The zero-order valence-electron chi connectivity index (χ0n) is 10.9. The second kappa shape index (κ2) is 6.23. The molecule has 1 unspecified atom stereocenters. The third kappa shape index (κ3) is 3.00. The first kappa shape index (κ1) is 14.1. The summed E-state index contributed by atoms with van der Waals surface area (Å²) in [4.78, 5) is 13.9. The van der Waals surface area contributed by atoms with Crippen molar-refractivity contribution < 1.29 is 9.53 Å². The van der Waals surface area contributed by atoms with Gasteiger partial charge in [-0.3, -0.25) is 9.69 Å². The first-order chi connectivity index (χ1) is 9.15. The summed E-state index contributed by atoms with van der Waals surface area (Å²) < 4.78 is 5.31. The summed E-state index contributed by atoms with van der Waals surface area (Å²) in [5, 5.41) is 3.75. The van der Waals surface area contributed by atoms with Gasteiger partial charge >= 0.3 is 0 Å². The standard InChI is InChI=1S/C13H18ClN3O2/c1-19-10-4-2-3-9(14)11(10)12(13(15)18)17-7-5-16-6-8-17/h2-4,12,16H,5-8H2,1H3,(H2,15,18). The molecule has 1 amide bonds. The fourth-order valence-electron chi connectivity index (χ4n) is 2.41. The fraction of sp³-hybridized carbons (Fsp3) is 0.462. The third-order valence-corrected chi connectivity index (χ3v) is 3.62. The van der Waals surface area contributed by atoms with Crippen molar-refractivity contribution in [1.82, 2.24) is 10.2 Å². The number of nitrogens with zero attached hydrogens (tertiary/aromatic N) is 1. The Morgan fingerprint density at radius 2 is 2.16 bits per heavy atom. The van der Waals surface area contributed by atoms with Crippen molar-refractivity contribution in [2.45, 2.75) is 6.04 Å². The van der Waals surface area contributed by atoms with Gasteiger partial charge in [-0.15, -0.1) is 0 Å². The van der Waals surface area contributed by atoms with Crippen LogP contribution in [0.25, 0.3) is 0 Å². The Morgan fingerprint density at radius 1 is 1.47 bits per heavy atom. The second-order valence-electron chi connectivity index (χ2n) is 4.45. The van der Waals surface area contributed by atoms with Gasteiger partial charge in [0.15, 0.2) is 0 Å². The van der Waals surface area contributed by atoms with Gasteiger partial charge in [-0.1, -0.05) is 17.7 Å². The van der Waals surface area contributed by atoms with E-state index in [-0.39, 0.29) is 0 Å². The number of nitrogens with one attached hydrogen (secondary N) is 1. The van der Waals surface area contributed by atoms with Gasteiger partial charge in [0, 0.05) is 36.8 Å². The third-order valence-electron chi connectivity index (χ3n) is 3.29. The minimum atomic E-state index is -0.550. The van der Waals surface area contributed by atoms with Crippen LogP contribution in [0.4, 0.5) is 0 Å². The van der Waals surface area contributed by atoms with Gasteiger partial charge in [0.1, 0.15) is 11.8 Å². The number of rotatable bonds is 4. The van der Waals surface area contributed by atoms with Crippen LogP contribution in [0, 0.1) is 0 Å². The number of nitrogens with two attached hydrogens (primary N) is 1. The predicted molar refractivity (Wildman–Crippen MR) is 74.4 cm³/mol. The Labute approximate surface area is 117 Å². The SMILES string of the molecule is COc1cccc(Cl)c1C(C(N)=O)N1CCNCC1. The van der Waals surface area contributed by atoms with Crippen LogP contribution in [0.5, 0.6) is 5.75 Å². The number of ether oxygens (including phenoxy) is 1. The van der Waals surface area contributed by atoms with E-state index in [0.717, 1.165) is 26.2 Å².